The van der Waals surface area contributed by atoms with Crippen LogP contribution in [0, 0.1) is 0 Å². The van der Waals surface area contributed by atoms with Crippen molar-refractivity contribution in [2.75, 3.05) is 26.2 Å². The minimum atomic E-state index is 0.0656. The van der Waals surface area contributed by atoms with Gasteiger partial charge in [0.25, 0.3) is 0 Å². The van der Waals surface area contributed by atoms with Gasteiger partial charge in [0.2, 0.25) is 0 Å². The summed E-state index contributed by atoms with van der Waals surface area (Å²) < 4.78 is 12.7. The van der Waals surface area contributed by atoms with Gasteiger partial charge in [-0.3, -0.25) is 0 Å². The molecule has 0 unspecified atom stereocenters. The van der Waals surface area contributed by atoms with E-state index >= 15 is 0 Å². The van der Waals surface area contributed by atoms with Crippen LogP contribution in [0.4, 0.5) is 0 Å². The maximum atomic E-state index is 6.48. The van der Waals surface area contributed by atoms with Crippen LogP contribution in [-0.4, -0.2) is 36.7 Å². The summed E-state index contributed by atoms with van der Waals surface area (Å²) in [5.41, 5.74) is 4.31. The summed E-state index contributed by atoms with van der Waals surface area (Å²) in [4.78, 5) is 2.55. The zero-order valence-electron chi connectivity index (χ0n) is 16.0. The van der Waals surface area contributed by atoms with Crippen LogP contribution in [0.3, 0.4) is 0 Å². The van der Waals surface area contributed by atoms with Crippen LogP contribution in [0.1, 0.15) is 48.5 Å². The Morgan fingerprint density at radius 1 is 0.926 bits per heavy atom. The molecule has 5 rings (SSSR count). The van der Waals surface area contributed by atoms with Gasteiger partial charge in [0, 0.05) is 19.6 Å². The molecule has 1 saturated heterocycles. The van der Waals surface area contributed by atoms with Gasteiger partial charge in [0.15, 0.2) is 0 Å². The van der Waals surface area contributed by atoms with Gasteiger partial charge >= 0.3 is 0 Å². The van der Waals surface area contributed by atoms with Gasteiger partial charge in [-0.1, -0.05) is 42.5 Å². The van der Waals surface area contributed by atoms with Crippen molar-refractivity contribution in [2.24, 2.45) is 0 Å². The molecule has 0 amide bonds. The fourth-order valence-corrected chi connectivity index (χ4v) is 5.01. The van der Waals surface area contributed by atoms with Crippen molar-refractivity contribution in [3.63, 3.8) is 0 Å². The first-order chi connectivity index (χ1) is 13.3. The van der Waals surface area contributed by atoms with Gasteiger partial charge in [0.05, 0.1) is 12.7 Å². The third-order valence-corrected chi connectivity index (χ3v) is 6.72. The fraction of sp³-hybridized carbons (Fsp3) is 0.500. The summed E-state index contributed by atoms with van der Waals surface area (Å²) in [6, 6.07) is 17.3. The fourth-order valence-electron chi connectivity index (χ4n) is 5.01. The Hall–Kier alpha value is -1.84. The number of nitrogens with zero attached hydrogens (tertiary/aromatic N) is 1. The van der Waals surface area contributed by atoms with Crippen LogP contribution in [0.2, 0.25) is 0 Å². The molecule has 3 heteroatoms. The van der Waals surface area contributed by atoms with E-state index in [2.05, 4.69) is 53.4 Å². The molecule has 0 N–H and O–H groups in total. The maximum absolute atomic E-state index is 6.48. The quantitative estimate of drug-likeness (QED) is 0.795. The number of hydrogen-bond donors (Lipinski definition) is 0. The molecule has 3 aliphatic rings. The summed E-state index contributed by atoms with van der Waals surface area (Å²) in [6.07, 6.45) is 7.17. The average molecular weight is 364 g/mol. The predicted octanol–water partition coefficient (Wildman–Crippen LogP) is 4.55. The molecular weight excluding hydrogens is 334 g/mol. The third-order valence-electron chi connectivity index (χ3n) is 6.72. The Morgan fingerprint density at radius 2 is 1.70 bits per heavy atom. The number of para-hydroxylation sites is 1. The monoisotopic (exact) mass is 363 g/mol. The van der Waals surface area contributed by atoms with Crippen molar-refractivity contribution in [2.45, 2.75) is 50.2 Å². The van der Waals surface area contributed by atoms with E-state index in [0.29, 0.717) is 6.10 Å². The molecule has 0 bridgehead atoms. The smallest absolute Gasteiger partial charge is 0.123 e. The maximum Gasteiger partial charge on any atom is 0.123 e. The molecule has 27 heavy (non-hydrogen) atoms. The minimum absolute atomic E-state index is 0.0656. The average Bonchev–Trinajstić information content (AvgIpc) is 3.13. The lowest BCUT2D eigenvalue weighted by atomic mass is 9.83. The first-order valence-electron chi connectivity index (χ1n) is 10.5. The molecule has 1 aliphatic carbocycles. The number of aryl methyl sites for hydroxylation is 2. The number of hydrogen-bond acceptors (Lipinski definition) is 3. The summed E-state index contributed by atoms with van der Waals surface area (Å²) in [7, 11) is 0. The largest absolute Gasteiger partial charge is 0.487 e. The van der Waals surface area contributed by atoms with Crippen LogP contribution < -0.4 is 4.74 Å². The molecule has 2 aromatic carbocycles. The van der Waals surface area contributed by atoms with Gasteiger partial charge < -0.3 is 14.4 Å². The highest BCUT2D eigenvalue weighted by atomic mass is 16.5. The van der Waals surface area contributed by atoms with Crippen LogP contribution in [-0.2, 0) is 17.6 Å². The summed E-state index contributed by atoms with van der Waals surface area (Å²) in [5, 5.41) is 0. The molecule has 0 aromatic heterocycles. The van der Waals surface area contributed by atoms with E-state index in [9.17, 15) is 0 Å². The second-order valence-electron chi connectivity index (χ2n) is 8.33. The highest BCUT2D eigenvalue weighted by molar-refractivity contribution is 5.36. The first-order valence-corrected chi connectivity index (χ1v) is 10.5. The van der Waals surface area contributed by atoms with Crippen molar-refractivity contribution in [1.82, 2.24) is 4.90 Å². The Balaban J connectivity index is 1.11. The van der Waals surface area contributed by atoms with E-state index in [0.717, 1.165) is 70.5 Å². The lowest BCUT2D eigenvalue weighted by Gasteiger charge is -2.44. The van der Waals surface area contributed by atoms with Gasteiger partial charge in [-0.15, -0.1) is 0 Å². The van der Waals surface area contributed by atoms with E-state index in [1.54, 1.807) is 0 Å². The number of ether oxygens (including phenoxy) is 2. The van der Waals surface area contributed by atoms with E-state index in [1.807, 2.05) is 0 Å². The van der Waals surface area contributed by atoms with Crippen molar-refractivity contribution in [3.05, 3.63) is 65.2 Å². The number of fused-ring (bicyclic) bond motifs is 2. The van der Waals surface area contributed by atoms with E-state index < -0.39 is 0 Å². The van der Waals surface area contributed by atoms with Gasteiger partial charge in [-0.25, -0.2) is 0 Å². The first kappa shape index (κ1) is 17.3. The number of rotatable bonds is 4. The molecule has 3 nitrogen and oxygen atoms in total. The molecular formula is C24H29NO2. The molecule has 2 aliphatic heterocycles. The van der Waals surface area contributed by atoms with E-state index in [1.165, 1.54) is 16.7 Å². The summed E-state index contributed by atoms with van der Waals surface area (Å²) >= 11 is 0. The van der Waals surface area contributed by atoms with Crippen molar-refractivity contribution in [3.8, 4) is 5.75 Å². The molecule has 2 aromatic rings. The highest BCUT2D eigenvalue weighted by Gasteiger charge is 2.39. The zero-order valence-corrected chi connectivity index (χ0v) is 16.0. The molecule has 1 fully saturated rings. The standard InChI is InChI=1S/C24H29NO2/c1-3-7-21-19(5-1)9-10-23(21)26-18-17-25-15-13-24(14-16-25)12-11-20-6-2-4-8-22(20)27-24/h1-8,23H,9-18H2/t23-/m1/s1. The highest BCUT2D eigenvalue weighted by Crippen LogP contribution is 2.39. The lowest BCUT2D eigenvalue weighted by molar-refractivity contribution is -0.0262. The van der Waals surface area contributed by atoms with Crippen LogP contribution >= 0.6 is 0 Å². The SMILES string of the molecule is c1ccc2c(c1)CCC1(CCN(CCO[C@@H]3CCc4ccccc43)CC1)O2. The Kier molecular flexibility index (Phi) is 4.66. The molecule has 1 atom stereocenters. The number of piperidine rings is 1. The van der Waals surface area contributed by atoms with Gasteiger partial charge in [0.1, 0.15) is 11.4 Å². The number of benzene rings is 2. The second kappa shape index (κ2) is 7.29. The molecule has 142 valence electrons. The number of likely N-dealkylation sites (tertiary alicyclic amines) is 1. The Bertz CT molecular complexity index is 794. The summed E-state index contributed by atoms with van der Waals surface area (Å²) in [5.74, 6) is 1.11. The van der Waals surface area contributed by atoms with Crippen LogP contribution in [0.25, 0.3) is 0 Å². The van der Waals surface area contributed by atoms with Crippen molar-refractivity contribution < 1.29 is 9.47 Å². The van der Waals surface area contributed by atoms with Crippen molar-refractivity contribution in [1.29, 1.82) is 0 Å². The van der Waals surface area contributed by atoms with Crippen molar-refractivity contribution >= 4 is 0 Å². The predicted molar refractivity (Wildman–Crippen MR) is 107 cm³/mol. The lowest BCUT2D eigenvalue weighted by Crippen LogP contribution is -2.50. The molecule has 1 spiro atoms. The van der Waals surface area contributed by atoms with Gasteiger partial charge in [-0.2, -0.15) is 0 Å². The Labute approximate surface area is 162 Å². The van der Waals surface area contributed by atoms with Gasteiger partial charge in [-0.05, 0) is 61.3 Å². The normalized spacial score (nSPS) is 23.6. The van der Waals surface area contributed by atoms with E-state index in [4.69, 9.17) is 9.47 Å². The topological polar surface area (TPSA) is 21.7 Å². The molecule has 0 radical (unpaired) electrons. The zero-order chi connectivity index (χ0) is 18.1. The second-order valence-corrected chi connectivity index (χ2v) is 8.33. The summed E-state index contributed by atoms with van der Waals surface area (Å²) in [6.45, 7) is 4.10. The third kappa shape index (κ3) is 3.51. The van der Waals surface area contributed by atoms with E-state index in [-0.39, 0.29) is 5.60 Å². The Morgan fingerprint density at radius 3 is 2.59 bits per heavy atom. The molecule has 2 heterocycles. The molecule has 0 saturated carbocycles. The van der Waals surface area contributed by atoms with Crippen LogP contribution in [0.5, 0.6) is 5.75 Å². The minimum Gasteiger partial charge on any atom is -0.487 e. The van der Waals surface area contributed by atoms with Crippen LogP contribution in [0.15, 0.2) is 48.5 Å².